The summed E-state index contributed by atoms with van der Waals surface area (Å²) in [7, 11) is 1.00. The first-order valence-electron chi connectivity index (χ1n) is 18.5. The molecule has 51 heavy (non-hydrogen) atoms. The molecule has 0 bridgehead atoms. The Bertz CT molecular complexity index is 837. The van der Waals surface area contributed by atoms with Crippen molar-refractivity contribution in [1.29, 1.82) is 0 Å². The molecule has 0 aromatic carbocycles. The van der Waals surface area contributed by atoms with Crippen LogP contribution in [0.2, 0.25) is 0 Å². The van der Waals surface area contributed by atoms with Crippen LogP contribution in [0.3, 0.4) is 0 Å². The SMILES string of the molecule is CC1CC(N)CC(NC(=O)CC(O)CN)C1.CC1CCC(CO)O1.CCCCC.CO.NCC1C=CC[C@@H](O)O1.NC[C@@H]1OC[C@H](N)C(O)[C@@H]1O. The Kier molecular flexibility index (Phi) is 32.6. The summed E-state index contributed by atoms with van der Waals surface area (Å²) >= 11 is 0. The molecule has 1 saturated carbocycles. The first-order valence-corrected chi connectivity index (χ1v) is 18.5. The van der Waals surface area contributed by atoms with Gasteiger partial charge < -0.3 is 78.8 Å². The highest BCUT2D eigenvalue weighted by Gasteiger charge is 2.35. The molecule has 8 unspecified atom stereocenters. The lowest BCUT2D eigenvalue weighted by molar-refractivity contribution is -0.139. The number of nitrogens with two attached hydrogens (primary N) is 5. The Hall–Kier alpha value is -1.35. The molecular weight excluding hydrogens is 664 g/mol. The van der Waals surface area contributed by atoms with Gasteiger partial charge in [-0.15, -0.1) is 0 Å². The van der Waals surface area contributed by atoms with Crippen molar-refractivity contribution >= 4 is 5.91 Å². The zero-order valence-corrected chi connectivity index (χ0v) is 31.9. The fourth-order valence-corrected chi connectivity index (χ4v) is 5.63. The molecule has 2 saturated heterocycles. The molecule has 0 spiro atoms. The summed E-state index contributed by atoms with van der Waals surface area (Å²) in [6.07, 6.45) is 10.1. The predicted molar refractivity (Wildman–Crippen MR) is 199 cm³/mol. The van der Waals surface area contributed by atoms with E-state index in [0.717, 1.165) is 39.2 Å². The maximum atomic E-state index is 11.5. The van der Waals surface area contributed by atoms with Gasteiger partial charge in [-0.3, -0.25) is 4.79 Å². The van der Waals surface area contributed by atoms with Crippen LogP contribution in [0.1, 0.15) is 91.9 Å². The smallest absolute Gasteiger partial charge is 0.222 e. The van der Waals surface area contributed by atoms with Crippen LogP contribution in [-0.4, -0.2) is 144 Å². The van der Waals surface area contributed by atoms with E-state index in [1.54, 1.807) is 0 Å². The normalized spacial score (nSPS) is 33.1. The molecule has 1 aliphatic carbocycles. The summed E-state index contributed by atoms with van der Waals surface area (Å²) in [5.74, 6) is 0.415. The Morgan fingerprint density at radius 1 is 0.941 bits per heavy atom. The lowest BCUT2D eigenvalue weighted by Crippen LogP contribution is -2.58. The average molecular weight is 741 g/mol. The minimum atomic E-state index is -0.955. The van der Waals surface area contributed by atoms with Gasteiger partial charge in [0.25, 0.3) is 0 Å². The molecule has 16 nitrogen and oxygen atoms in total. The number of carbonyl (C=O) groups is 1. The molecular formula is C35H76N6O10. The van der Waals surface area contributed by atoms with E-state index in [9.17, 15) is 20.1 Å². The summed E-state index contributed by atoms with van der Waals surface area (Å²) in [6.45, 7) is 9.80. The molecule has 3 fully saturated rings. The van der Waals surface area contributed by atoms with Crippen LogP contribution >= 0.6 is 0 Å². The molecule has 3 aliphatic heterocycles. The van der Waals surface area contributed by atoms with Gasteiger partial charge in [0.1, 0.15) is 6.10 Å². The largest absolute Gasteiger partial charge is 0.400 e. The summed E-state index contributed by atoms with van der Waals surface area (Å²) < 4.78 is 15.3. The number of unbranched alkanes of at least 4 members (excludes halogenated alkanes) is 2. The summed E-state index contributed by atoms with van der Waals surface area (Å²) in [5, 5.41) is 55.1. The van der Waals surface area contributed by atoms with Crippen molar-refractivity contribution in [1.82, 2.24) is 5.32 Å². The minimum absolute atomic E-state index is 0.0800. The lowest BCUT2D eigenvalue weighted by atomic mass is 9.84. The molecule has 17 N–H and O–H groups in total. The maximum Gasteiger partial charge on any atom is 0.222 e. The number of amides is 1. The van der Waals surface area contributed by atoms with Crippen LogP contribution in [0.25, 0.3) is 0 Å². The number of hydrogen-bond donors (Lipinski definition) is 12. The Labute approximate surface area is 306 Å². The van der Waals surface area contributed by atoms with Gasteiger partial charge in [0, 0.05) is 45.2 Å². The Morgan fingerprint density at radius 3 is 2.00 bits per heavy atom. The van der Waals surface area contributed by atoms with Gasteiger partial charge >= 0.3 is 0 Å². The van der Waals surface area contributed by atoms with Crippen molar-refractivity contribution in [2.45, 2.75) is 159 Å². The molecule has 16 heteroatoms. The van der Waals surface area contributed by atoms with Crippen molar-refractivity contribution in [3.05, 3.63) is 12.2 Å². The van der Waals surface area contributed by atoms with Crippen LogP contribution in [0, 0.1) is 5.92 Å². The first kappa shape index (κ1) is 51.8. The second kappa shape index (κ2) is 32.1. The van der Waals surface area contributed by atoms with Gasteiger partial charge in [0.05, 0.1) is 62.3 Å². The van der Waals surface area contributed by atoms with E-state index < -0.39 is 36.7 Å². The van der Waals surface area contributed by atoms with E-state index in [-0.39, 0.29) is 62.9 Å². The molecule has 4 rings (SSSR count). The van der Waals surface area contributed by atoms with Gasteiger partial charge in [0.2, 0.25) is 5.91 Å². The van der Waals surface area contributed by atoms with Crippen LogP contribution in [0.15, 0.2) is 12.2 Å². The number of aliphatic hydroxyl groups is 6. The molecule has 0 aromatic heterocycles. The van der Waals surface area contributed by atoms with Crippen LogP contribution < -0.4 is 34.0 Å². The Morgan fingerprint density at radius 2 is 1.59 bits per heavy atom. The summed E-state index contributed by atoms with van der Waals surface area (Å²) in [5.41, 5.74) is 27.1. The highest BCUT2D eigenvalue weighted by atomic mass is 16.6. The number of nitrogens with one attached hydrogen (secondary N) is 1. The molecule has 0 radical (unpaired) electrons. The van der Waals surface area contributed by atoms with Crippen LogP contribution in [0.5, 0.6) is 0 Å². The third-order valence-corrected chi connectivity index (χ3v) is 8.43. The van der Waals surface area contributed by atoms with Crippen molar-refractivity contribution in [3.8, 4) is 0 Å². The summed E-state index contributed by atoms with van der Waals surface area (Å²) in [4.78, 5) is 11.5. The average Bonchev–Trinajstić information content (AvgIpc) is 3.54. The number of aliphatic hydroxyl groups excluding tert-OH is 6. The monoisotopic (exact) mass is 741 g/mol. The highest BCUT2D eigenvalue weighted by molar-refractivity contribution is 5.76. The van der Waals surface area contributed by atoms with Crippen molar-refractivity contribution in [3.63, 3.8) is 0 Å². The standard InChI is InChI=1S/C11H23N3O2.C6H14N2O3.C6H11NO2.C6H12O2.C5H12.CH4O/c1-7-2-8(13)4-9(3-7)14-11(16)5-10(15)6-12;7-1-4-6(10)5(9)3(8)2-11-4;7-4-5-2-1-3-6(8)9-5;1-5-2-3-6(4-7)8-5;1-3-5-4-2;1-2/h7-10,15H,2-6,12-13H2,1H3,(H,14,16);3-6,9-10H,1-2,7-8H2;1-2,5-6,8H,3-4,7H2;5-7H,2-4H2,1H3;3-5H2,1-2H3;2H,1H3/t;3-,4-,5?,6+;5?,6-;;;/m.00.../s1. The number of hydrogen-bond acceptors (Lipinski definition) is 15. The molecule has 306 valence electrons. The van der Waals surface area contributed by atoms with Crippen molar-refractivity contribution in [2.24, 2.45) is 34.6 Å². The Balaban J connectivity index is 0. The van der Waals surface area contributed by atoms with Crippen molar-refractivity contribution in [2.75, 3.05) is 40.0 Å². The van der Waals surface area contributed by atoms with E-state index in [1.807, 2.05) is 19.1 Å². The third-order valence-electron chi connectivity index (χ3n) is 8.43. The van der Waals surface area contributed by atoms with Crippen LogP contribution in [-0.2, 0) is 19.0 Å². The van der Waals surface area contributed by atoms with Gasteiger partial charge in [0.15, 0.2) is 6.29 Å². The number of carbonyl (C=O) groups excluding carboxylic acids is 1. The second-order valence-corrected chi connectivity index (χ2v) is 13.4. The fraction of sp³-hybridized carbons (Fsp3) is 0.914. The fourth-order valence-electron chi connectivity index (χ4n) is 5.63. The number of rotatable bonds is 9. The van der Waals surface area contributed by atoms with Gasteiger partial charge in [-0.05, 0) is 44.9 Å². The second-order valence-electron chi connectivity index (χ2n) is 13.4. The van der Waals surface area contributed by atoms with E-state index in [2.05, 4.69) is 26.1 Å². The van der Waals surface area contributed by atoms with Crippen molar-refractivity contribution < 1.29 is 49.6 Å². The molecule has 12 atom stereocenters. The van der Waals surface area contributed by atoms with Gasteiger partial charge in [-0.2, -0.15) is 0 Å². The zero-order valence-electron chi connectivity index (χ0n) is 31.9. The molecule has 1 amide bonds. The zero-order chi connectivity index (χ0) is 39.4. The maximum absolute atomic E-state index is 11.5. The number of ether oxygens (including phenoxy) is 3. The quantitative estimate of drug-likeness (QED) is 0.122. The van der Waals surface area contributed by atoms with Gasteiger partial charge in [-0.1, -0.05) is 52.2 Å². The first-order chi connectivity index (χ1) is 24.2. The van der Waals surface area contributed by atoms with Gasteiger partial charge in [-0.25, -0.2) is 0 Å². The van der Waals surface area contributed by atoms with Crippen LogP contribution in [0.4, 0.5) is 0 Å². The third kappa shape index (κ3) is 25.3. The van der Waals surface area contributed by atoms with E-state index in [4.69, 9.17) is 58.2 Å². The topological polar surface area (TPSA) is 308 Å². The van der Waals surface area contributed by atoms with E-state index in [1.165, 1.54) is 19.3 Å². The molecule has 4 aliphatic rings. The minimum Gasteiger partial charge on any atom is -0.400 e. The lowest BCUT2D eigenvalue weighted by Gasteiger charge is -2.35. The highest BCUT2D eigenvalue weighted by Crippen LogP contribution is 2.23. The summed E-state index contributed by atoms with van der Waals surface area (Å²) in [6, 6.07) is -0.183. The van der Waals surface area contributed by atoms with E-state index >= 15 is 0 Å². The molecule has 0 aromatic rings. The molecule has 3 heterocycles. The predicted octanol–water partition coefficient (Wildman–Crippen LogP) is -1.32. The van der Waals surface area contributed by atoms with E-state index in [0.29, 0.717) is 25.0 Å².